The number of hydrogen-bond acceptors (Lipinski definition) is 2. The zero-order chi connectivity index (χ0) is 12.5. The first-order valence-corrected chi connectivity index (χ1v) is 6.42. The average Bonchev–Trinajstić information content (AvgIpc) is 2.55. The minimum atomic E-state index is -4.17. The number of aliphatic hydroxyl groups is 1. The molecule has 0 saturated heterocycles. The molecule has 0 heterocycles. The van der Waals surface area contributed by atoms with Gasteiger partial charge in [-0.1, -0.05) is 36.0 Å². The fraction of sp³-hybridized carbons (Fsp3) is 0.500. The Morgan fingerprint density at radius 1 is 1.29 bits per heavy atom. The van der Waals surface area contributed by atoms with E-state index in [-0.39, 0.29) is 23.4 Å². The molecule has 0 spiro atoms. The van der Waals surface area contributed by atoms with Gasteiger partial charge < -0.3 is 5.11 Å². The van der Waals surface area contributed by atoms with Crippen LogP contribution in [0, 0.1) is 5.92 Å². The standard InChI is InChI=1S/C12H13F3OS/c13-12(14,15)17-6-5-9-7-8-3-1-2-4-10(8)11(9)16/h1-4,9,11,16H,5-7H2. The molecule has 0 saturated carbocycles. The maximum Gasteiger partial charge on any atom is 0.441 e. The van der Waals surface area contributed by atoms with Gasteiger partial charge in [0.1, 0.15) is 0 Å². The highest BCUT2D eigenvalue weighted by molar-refractivity contribution is 8.00. The van der Waals surface area contributed by atoms with Crippen LogP contribution in [0.5, 0.6) is 0 Å². The quantitative estimate of drug-likeness (QED) is 0.899. The van der Waals surface area contributed by atoms with Crippen LogP contribution in [0.1, 0.15) is 23.7 Å². The van der Waals surface area contributed by atoms with Crippen LogP contribution < -0.4 is 0 Å². The lowest BCUT2D eigenvalue weighted by molar-refractivity contribution is -0.0329. The Hall–Kier alpha value is -0.680. The largest absolute Gasteiger partial charge is 0.441 e. The van der Waals surface area contributed by atoms with Crippen molar-refractivity contribution < 1.29 is 18.3 Å². The molecule has 94 valence electrons. The smallest absolute Gasteiger partial charge is 0.388 e. The van der Waals surface area contributed by atoms with Crippen LogP contribution in [0.4, 0.5) is 13.2 Å². The highest BCUT2D eigenvalue weighted by Crippen LogP contribution is 2.39. The van der Waals surface area contributed by atoms with Gasteiger partial charge in [0.25, 0.3) is 0 Å². The second kappa shape index (κ2) is 4.90. The third-order valence-corrected chi connectivity index (χ3v) is 3.82. The lowest BCUT2D eigenvalue weighted by atomic mass is 10.0. The van der Waals surface area contributed by atoms with E-state index >= 15 is 0 Å². The molecule has 2 atom stereocenters. The summed E-state index contributed by atoms with van der Waals surface area (Å²) in [6.07, 6.45) is 0.454. The molecule has 0 radical (unpaired) electrons. The number of hydrogen-bond donors (Lipinski definition) is 1. The summed E-state index contributed by atoms with van der Waals surface area (Å²) in [6, 6.07) is 7.50. The Balaban J connectivity index is 1.90. The van der Waals surface area contributed by atoms with Gasteiger partial charge in [-0.3, -0.25) is 0 Å². The minimum absolute atomic E-state index is 0.00993. The van der Waals surface area contributed by atoms with Crippen molar-refractivity contribution in [3.8, 4) is 0 Å². The Bertz CT molecular complexity index is 392. The fourth-order valence-electron chi connectivity index (χ4n) is 2.24. The highest BCUT2D eigenvalue weighted by Gasteiger charge is 2.32. The van der Waals surface area contributed by atoms with E-state index in [1.807, 2.05) is 24.3 Å². The van der Waals surface area contributed by atoms with Gasteiger partial charge in [0.2, 0.25) is 0 Å². The van der Waals surface area contributed by atoms with E-state index in [1.54, 1.807) is 0 Å². The molecule has 1 aliphatic rings. The van der Waals surface area contributed by atoms with E-state index in [0.717, 1.165) is 11.1 Å². The Labute approximate surface area is 102 Å². The van der Waals surface area contributed by atoms with Crippen molar-refractivity contribution in [2.75, 3.05) is 5.75 Å². The number of aliphatic hydroxyl groups excluding tert-OH is 1. The van der Waals surface area contributed by atoms with Crippen LogP contribution in [-0.2, 0) is 6.42 Å². The van der Waals surface area contributed by atoms with E-state index in [1.165, 1.54) is 0 Å². The molecule has 2 unspecified atom stereocenters. The first-order chi connectivity index (χ1) is 7.97. The van der Waals surface area contributed by atoms with Crippen molar-refractivity contribution in [3.05, 3.63) is 35.4 Å². The van der Waals surface area contributed by atoms with E-state index in [0.29, 0.717) is 12.8 Å². The average molecular weight is 262 g/mol. The van der Waals surface area contributed by atoms with Gasteiger partial charge in [-0.2, -0.15) is 13.2 Å². The number of halogens is 3. The van der Waals surface area contributed by atoms with E-state index < -0.39 is 11.6 Å². The topological polar surface area (TPSA) is 20.2 Å². The Kier molecular flexibility index (Phi) is 3.68. The highest BCUT2D eigenvalue weighted by atomic mass is 32.2. The summed E-state index contributed by atoms with van der Waals surface area (Å²) in [7, 11) is 0. The molecule has 0 bridgehead atoms. The maximum atomic E-state index is 12.0. The predicted octanol–water partition coefficient (Wildman–Crippen LogP) is 3.54. The van der Waals surface area contributed by atoms with Gasteiger partial charge in [0.15, 0.2) is 0 Å². The summed E-state index contributed by atoms with van der Waals surface area (Å²) < 4.78 is 36.0. The summed E-state index contributed by atoms with van der Waals surface area (Å²) in [5.74, 6) is -0.0681. The number of rotatable bonds is 3. The maximum absolute atomic E-state index is 12.0. The third kappa shape index (κ3) is 3.16. The summed E-state index contributed by atoms with van der Waals surface area (Å²) >= 11 is -0.00993. The number of fused-ring (bicyclic) bond motifs is 1. The molecule has 2 rings (SSSR count). The van der Waals surface area contributed by atoms with Gasteiger partial charge in [-0.15, -0.1) is 0 Å². The molecule has 1 aromatic carbocycles. The monoisotopic (exact) mass is 262 g/mol. The first kappa shape index (κ1) is 12.8. The molecule has 17 heavy (non-hydrogen) atoms. The molecule has 1 aliphatic carbocycles. The van der Waals surface area contributed by atoms with E-state index in [2.05, 4.69) is 0 Å². The second-order valence-electron chi connectivity index (χ2n) is 4.19. The van der Waals surface area contributed by atoms with Gasteiger partial charge in [-0.25, -0.2) is 0 Å². The molecule has 1 aromatic rings. The van der Waals surface area contributed by atoms with E-state index in [4.69, 9.17) is 0 Å². The number of alkyl halides is 3. The van der Waals surface area contributed by atoms with Crippen molar-refractivity contribution in [2.45, 2.75) is 24.5 Å². The Morgan fingerprint density at radius 3 is 2.65 bits per heavy atom. The lowest BCUT2D eigenvalue weighted by Crippen LogP contribution is -2.10. The second-order valence-corrected chi connectivity index (χ2v) is 5.35. The summed E-state index contributed by atoms with van der Waals surface area (Å²) in [6.45, 7) is 0. The summed E-state index contributed by atoms with van der Waals surface area (Å²) in [5, 5.41) is 9.98. The SMILES string of the molecule is OC1c2ccccc2CC1CCSC(F)(F)F. The minimum Gasteiger partial charge on any atom is -0.388 e. The lowest BCUT2D eigenvalue weighted by Gasteiger charge is -2.15. The molecule has 5 heteroatoms. The van der Waals surface area contributed by atoms with Gasteiger partial charge >= 0.3 is 5.51 Å². The van der Waals surface area contributed by atoms with Crippen molar-refractivity contribution in [3.63, 3.8) is 0 Å². The normalized spacial score (nSPS) is 23.8. The zero-order valence-electron chi connectivity index (χ0n) is 9.07. The summed E-state index contributed by atoms with van der Waals surface area (Å²) in [5.41, 5.74) is -2.24. The van der Waals surface area contributed by atoms with Crippen LogP contribution in [0.15, 0.2) is 24.3 Å². The number of benzene rings is 1. The van der Waals surface area contributed by atoms with Crippen LogP contribution in [0.2, 0.25) is 0 Å². The first-order valence-electron chi connectivity index (χ1n) is 5.44. The van der Waals surface area contributed by atoms with Crippen molar-refractivity contribution in [2.24, 2.45) is 5.92 Å². The van der Waals surface area contributed by atoms with Crippen molar-refractivity contribution >= 4 is 11.8 Å². The summed E-state index contributed by atoms with van der Waals surface area (Å²) in [4.78, 5) is 0. The molecular weight excluding hydrogens is 249 g/mol. The van der Waals surface area contributed by atoms with E-state index in [9.17, 15) is 18.3 Å². The fourth-order valence-corrected chi connectivity index (χ4v) is 2.89. The third-order valence-electron chi connectivity index (χ3n) is 3.06. The van der Waals surface area contributed by atoms with Crippen LogP contribution >= 0.6 is 11.8 Å². The van der Waals surface area contributed by atoms with Crippen LogP contribution in [0.3, 0.4) is 0 Å². The zero-order valence-corrected chi connectivity index (χ0v) is 9.89. The van der Waals surface area contributed by atoms with Gasteiger partial charge in [0.05, 0.1) is 6.10 Å². The number of thioether (sulfide) groups is 1. The molecule has 0 aromatic heterocycles. The van der Waals surface area contributed by atoms with Crippen molar-refractivity contribution in [1.82, 2.24) is 0 Å². The molecular formula is C12H13F3OS. The van der Waals surface area contributed by atoms with Gasteiger partial charge in [0, 0.05) is 5.75 Å². The predicted molar refractivity (Wildman–Crippen MR) is 61.7 cm³/mol. The van der Waals surface area contributed by atoms with Crippen LogP contribution in [0.25, 0.3) is 0 Å². The van der Waals surface area contributed by atoms with Crippen LogP contribution in [-0.4, -0.2) is 16.4 Å². The van der Waals surface area contributed by atoms with Crippen molar-refractivity contribution in [1.29, 1.82) is 0 Å². The molecule has 0 aliphatic heterocycles. The molecule has 1 N–H and O–H groups in total. The molecule has 1 nitrogen and oxygen atoms in total. The Morgan fingerprint density at radius 2 is 2.00 bits per heavy atom. The van der Waals surface area contributed by atoms with Gasteiger partial charge in [-0.05, 0) is 29.9 Å². The molecule has 0 amide bonds. The molecule has 0 fully saturated rings.